The summed E-state index contributed by atoms with van der Waals surface area (Å²) in [4.78, 5) is 0. The first kappa shape index (κ1) is 14.3. The van der Waals surface area contributed by atoms with Crippen molar-refractivity contribution in [2.75, 3.05) is 7.11 Å². The molecule has 0 aliphatic heterocycles. The highest BCUT2D eigenvalue weighted by atomic mass is 16.5. The van der Waals surface area contributed by atoms with Crippen LogP contribution in [-0.2, 0) is 4.74 Å². The Kier molecular flexibility index (Phi) is 4.38. The molecule has 2 nitrogen and oxygen atoms in total. The zero-order valence-corrected chi connectivity index (χ0v) is 12.5. The van der Waals surface area contributed by atoms with E-state index >= 15 is 0 Å². The average molecular weight is 253 g/mol. The van der Waals surface area contributed by atoms with Crippen LogP contribution in [-0.4, -0.2) is 18.8 Å². The van der Waals surface area contributed by atoms with E-state index in [1.807, 2.05) is 7.11 Å². The second-order valence-electron chi connectivity index (χ2n) is 7.36. The summed E-state index contributed by atoms with van der Waals surface area (Å²) >= 11 is 0. The van der Waals surface area contributed by atoms with E-state index in [4.69, 9.17) is 10.5 Å². The molecule has 18 heavy (non-hydrogen) atoms. The van der Waals surface area contributed by atoms with Crippen LogP contribution >= 0.6 is 0 Å². The Morgan fingerprint density at radius 2 is 1.56 bits per heavy atom. The fraction of sp³-hybridized carbons (Fsp3) is 1.00. The molecule has 0 aromatic heterocycles. The van der Waals surface area contributed by atoms with Gasteiger partial charge in [-0.1, -0.05) is 33.1 Å². The van der Waals surface area contributed by atoms with Crippen LogP contribution in [0.1, 0.15) is 71.6 Å². The van der Waals surface area contributed by atoms with Crippen molar-refractivity contribution < 1.29 is 4.74 Å². The average Bonchev–Trinajstić information content (AvgIpc) is 2.40. The van der Waals surface area contributed by atoms with Crippen LogP contribution in [0, 0.1) is 11.3 Å². The number of ether oxygens (including phenoxy) is 1. The van der Waals surface area contributed by atoms with Gasteiger partial charge in [-0.3, -0.25) is 0 Å². The van der Waals surface area contributed by atoms with Crippen molar-refractivity contribution in [2.24, 2.45) is 17.1 Å². The molecule has 2 aliphatic carbocycles. The molecular formula is C16H31NO. The number of hydrogen-bond donors (Lipinski definition) is 1. The third-order valence-corrected chi connectivity index (χ3v) is 5.62. The van der Waals surface area contributed by atoms with Crippen LogP contribution in [0.4, 0.5) is 0 Å². The van der Waals surface area contributed by atoms with E-state index < -0.39 is 0 Å². The Labute approximate surface area is 113 Å². The monoisotopic (exact) mass is 253 g/mol. The molecule has 2 rings (SSSR count). The van der Waals surface area contributed by atoms with Crippen molar-refractivity contribution in [1.29, 1.82) is 0 Å². The largest absolute Gasteiger partial charge is 0.377 e. The van der Waals surface area contributed by atoms with Gasteiger partial charge < -0.3 is 10.5 Å². The van der Waals surface area contributed by atoms with Crippen molar-refractivity contribution in [3.05, 3.63) is 0 Å². The molecule has 0 spiro atoms. The highest BCUT2D eigenvalue weighted by Crippen LogP contribution is 2.45. The molecule has 2 saturated carbocycles. The molecule has 1 unspecified atom stereocenters. The van der Waals surface area contributed by atoms with Crippen LogP contribution < -0.4 is 5.73 Å². The summed E-state index contributed by atoms with van der Waals surface area (Å²) in [6.07, 6.45) is 11.6. The molecule has 2 aliphatic rings. The lowest BCUT2D eigenvalue weighted by atomic mass is 9.65. The van der Waals surface area contributed by atoms with Crippen molar-refractivity contribution in [3.8, 4) is 0 Å². The molecule has 0 aromatic carbocycles. The molecule has 2 heteroatoms. The minimum Gasteiger partial charge on any atom is -0.377 e. The smallest absolute Gasteiger partial charge is 0.0831 e. The summed E-state index contributed by atoms with van der Waals surface area (Å²) in [7, 11) is 1.88. The first-order chi connectivity index (χ1) is 8.49. The van der Waals surface area contributed by atoms with Gasteiger partial charge in [-0.25, -0.2) is 0 Å². The maximum absolute atomic E-state index is 6.63. The Hall–Kier alpha value is -0.0800. The van der Waals surface area contributed by atoms with Gasteiger partial charge in [0.15, 0.2) is 0 Å². The number of nitrogens with two attached hydrogens (primary N) is 1. The van der Waals surface area contributed by atoms with Crippen LogP contribution in [0.3, 0.4) is 0 Å². The quantitative estimate of drug-likeness (QED) is 0.828. The second kappa shape index (κ2) is 5.50. The van der Waals surface area contributed by atoms with E-state index in [1.54, 1.807) is 0 Å². The van der Waals surface area contributed by atoms with E-state index in [1.165, 1.54) is 44.9 Å². The first-order valence-corrected chi connectivity index (χ1v) is 7.80. The van der Waals surface area contributed by atoms with Crippen molar-refractivity contribution in [3.63, 3.8) is 0 Å². The van der Waals surface area contributed by atoms with Gasteiger partial charge in [-0.2, -0.15) is 0 Å². The standard InChI is InChI=1S/C16H31NO/c1-15(2)9-11-16(18-3,12-10-15)14(17)13-7-5-4-6-8-13/h13-14H,4-12,17H2,1-3H3. The van der Waals surface area contributed by atoms with Crippen molar-refractivity contribution in [1.82, 2.24) is 0 Å². The lowest BCUT2D eigenvalue weighted by Crippen LogP contribution is -2.56. The van der Waals surface area contributed by atoms with Crippen LogP contribution in [0.2, 0.25) is 0 Å². The maximum atomic E-state index is 6.63. The van der Waals surface area contributed by atoms with Gasteiger partial charge in [0.2, 0.25) is 0 Å². The Morgan fingerprint density at radius 3 is 2.06 bits per heavy atom. The highest BCUT2D eigenvalue weighted by molar-refractivity contribution is 5.00. The molecule has 0 amide bonds. The van der Waals surface area contributed by atoms with Gasteiger partial charge in [0, 0.05) is 13.2 Å². The number of rotatable bonds is 3. The summed E-state index contributed by atoms with van der Waals surface area (Å²) in [5.74, 6) is 0.694. The second-order valence-corrected chi connectivity index (χ2v) is 7.36. The summed E-state index contributed by atoms with van der Waals surface area (Å²) in [6.45, 7) is 4.75. The zero-order valence-electron chi connectivity index (χ0n) is 12.5. The van der Waals surface area contributed by atoms with E-state index in [2.05, 4.69) is 13.8 Å². The summed E-state index contributed by atoms with van der Waals surface area (Å²) in [5, 5.41) is 0. The van der Waals surface area contributed by atoms with E-state index in [0.717, 1.165) is 12.8 Å². The SMILES string of the molecule is COC1(C(N)C2CCCCC2)CCC(C)(C)CC1. The molecular weight excluding hydrogens is 222 g/mol. The number of hydrogen-bond acceptors (Lipinski definition) is 2. The minimum atomic E-state index is -0.0302. The molecule has 106 valence electrons. The Balaban J connectivity index is 2.02. The molecule has 0 aromatic rings. The summed E-state index contributed by atoms with van der Waals surface area (Å²) in [6, 6.07) is 0.249. The predicted octanol–water partition coefficient (Wildman–Crippen LogP) is 3.88. The molecule has 0 radical (unpaired) electrons. The molecule has 2 fully saturated rings. The fourth-order valence-corrected chi connectivity index (χ4v) is 3.95. The molecule has 0 saturated heterocycles. The molecule has 0 bridgehead atoms. The van der Waals surface area contributed by atoms with E-state index in [9.17, 15) is 0 Å². The maximum Gasteiger partial charge on any atom is 0.0831 e. The fourth-order valence-electron chi connectivity index (χ4n) is 3.95. The van der Waals surface area contributed by atoms with Gasteiger partial charge in [0.1, 0.15) is 0 Å². The summed E-state index contributed by atoms with van der Waals surface area (Å²) in [5.41, 5.74) is 7.08. The van der Waals surface area contributed by atoms with Gasteiger partial charge in [0.05, 0.1) is 5.60 Å². The number of methoxy groups -OCH3 is 1. The van der Waals surface area contributed by atoms with Crippen LogP contribution in [0.5, 0.6) is 0 Å². The summed E-state index contributed by atoms with van der Waals surface area (Å²) < 4.78 is 5.96. The van der Waals surface area contributed by atoms with E-state index in [-0.39, 0.29) is 11.6 Å². The van der Waals surface area contributed by atoms with Crippen LogP contribution in [0.15, 0.2) is 0 Å². The lowest BCUT2D eigenvalue weighted by molar-refractivity contribution is -0.0925. The molecule has 0 heterocycles. The van der Waals surface area contributed by atoms with Gasteiger partial charge in [0.25, 0.3) is 0 Å². The van der Waals surface area contributed by atoms with Gasteiger partial charge >= 0.3 is 0 Å². The molecule has 2 N–H and O–H groups in total. The van der Waals surface area contributed by atoms with Crippen molar-refractivity contribution >= 4 is 0 Å². The third kappa shape index (κ3) is 2.91. The van der Waals surface area contributed by atoms with Gasteiger partial charge in [-0.05, 0) is 49.9 Å². The zero-order chi connectivity index (χ0) is 13.2. The normalized spacial score (nSPS) is 30.0. The predicted molar refractivity (Wildman–Crippen MR) is 76.5 cm³/mol. The van der Waals surface area contributed by atoms with Gasteiger partial charge in [-0.15, -0.1) is 0 Å². The third-order valence-electron chi connectivity index (χ3n) is 5.62. The minimum absolute atomic E-state index is 0.0302. The van der Waals surface area contributed by atoms with E-state index in [0.29, 0.717) is 11.3 Å². The highest BCUT2D eigenvalue weighted by Gasteiger charge is 2.45. The lowest BCUT2D eigenvalue weighted by Gasteiger charge is -2.48. The Bertz CT molecular complexity index is 258. The molecule has 1 atom stereocenters. The topological polar surface area (TPSA) is 35.2 Å². The van der Waals surface area contributed by atoms with Crippen molar-refractivity contribution in [2.45, 2.75) is 83.3 Å². The Morgan fingerprint density at radius 1 is 1.00 bits per heavy atom. The van der Waals surface area contributed by atoms with Crippen LogP contribution in [0.25, 0.3) is 0 Å². The first-order valence-electron chi connectivity index (χ1n) is 7.80.